The van der Waals surface area contributed by atoms with Crippen LogP contribution in [-0.2, 0) is 4.79 Å². The Morgan fingerprint density at radius 1 is 0.667 bits per heavy atom. The van der Waals surface area contributed by atoms with Gasteiger partial charge in [-0.15, -0.1) is 11.8 Å². The molecule has 4 aromatic carbocycles. The molecule has 0 unspecified atom stereocenters. The number of para-hydroxylation sites is 1. The highest BCUT2D eigenvalue weighted by Crippen LogP contribution is 2.24. The molecule has 0 aliphatic carbocycles. The number of ketones is 1. The highest BCUT2D eigenvalue weighted by Gasteiger charge is 2.18. The van der Waals surface area contributed by atoms with Gasteiger partial charge >= 0.3 is 0 Å². The number of nitrogens with one attached hydrogen (secondary N) is 2. The third kappa shape index (κ3) is 6.29. The second-order valence-electron chi connectivity index (χ2n) is 8.39. The topological polar surface area (TPSA) is 75.3 Å². The van der Waals surface area contributed by atoms with Crippen molar-refractivity contribution in [3.05, 3.63) is 125 Å². The van der Waals surface area contributed by atoms with Gasteiger partial charge in [0, 0.05) is 16.0 Å². The Morgan fingerprint density at radius 2 is 1.31 bits per heavy atom. The van der Waals surface area contributed by atoms with Crippen LogP contribution in [0.4, 0.5) is 11.4 Å². The quantitative estimate of drug-likeness (QED) is 0.216. The van der Waals surface area contributed by atoms with Crippen molar-refractivity contribution in [3.63, 3.8) is 0 Å². The maximum atomic E-state index is 13.2. The first-order valence-electron chi connectivity index (χ1n) is 11.5. The van der Waals surface area contributed by atoms with E-state index < -0.39 is 5.91 Å². The monoisotopic (exact) mass is 494 g/mol. The molecule has 36 heavy (non-hydrogen) atoms. The molecule has 0 aliphatic rings. The molecule has 180 valence electrons. The summed E-state index contributed by atoms with van der Waals surface area (Å²) in [6, 6.07) is 29.1. The third-order valence-electron chi connectivity index (χ3n) is 5.54. The molecule has 0 saturated carbocycles. The van der Waals surface area contributed by atoms with E-state index in [-0.39, 0.29) is 17.4 Å². The maximum absolute atomic E-state index is 13.2. The van der Waals surface area contributed by atoms with Crippen LogP contribution in [-0.4, -0.2) is 23.4 Å². The van der Waals surface area contributed by atoms with Crippen molar-refractivity contribution < 1.29 is 14.4 Å². The van der Waals surface area contributed by atoms with Gasteiger partial charge in [0.15, 0.2) is 5.78 Å². The maximum Gasteiger partial charge on any atom is 0.257 e. The molecule has 2 amide bonds. The van der Waals surface area contributed by atoms with Crippen molar-refractivity contribution in [1.29, 1.82) is 0 Å². The smallest absolute Gasteiger partial charge is 0.257 e. The number of thioether (sulfide) groups is 1. The number of hydrogen-bond acceptors (Lipinski definition) is 4. The Bertz CT molecular complexity index is 1400. The fourth-order valence-electron chi connectivity index (χ4n) is 3.65. The van der Waals surface area contributed by atoms with Crippen molar-refractivity contribution >= 4 is 40.7 Å². The molecule has 0 spiro atoms. The molecular weight excluding hydrogens is 468 g/mol. The van der Waals surface area contributed by atoms with Gasteiger partial charge in [-0.3, -0.25) is 14.4 Å². The summed E-state index contributed by atoms with van der Waals surface area (Å²) in [6.07, 6.45) is 0. The van der Waals surface area contributed by atoms with Crippen LogP contribution in [0.15, 0.2) is 102 Å². The van der Waals surface area contributed by atoms with E-state index in [1.807, 2.05) is 50.2 Å². The fraction of sp³-hybridized carbons (Fsp3) is 0.100. The van der Waals surface area contributed by atoms with E-state index in [1.165, 1.54) is 11.8 Å². The minimum Gasteiger partial charge on any atom is -0.325 e. The van der Waals surface area contributed by atoms with Crippen LogP contribution in [0, 0.1) is 13.8 Å². The fourth-order valence-corrected chi connectivity index (χ4v) is 4.35. The second-order valence-corrected chi connectivity index (χ2v) is 9.44. The zero-order valence-corrected chi connectivity index (χ0v) is 20.9. The van der Waals surface area contributed by atoms with Crippen molar-refractivity contribution in [3.8, 4) is 0 Å². The van der Waals surface area contributed by atoms with Crippen LogP contribution in [0.1, 0.15) is 37.4 Å². The molecule has 5 nitrogen and oxygen atoms in total. The number of benzene rings is 4. The normalized spacial score (nSPS) is 10.5. The SMILES string of the molecule is Cc1ccc(SCC(=O)Nc2ccccc2C(=O)Nc2ccc(C)cc2C(=O)c2ccccc2)cc1. The van der Waals surface area contributed by atoms with Gasteiger partial charge in [0.05, 0.1) is 22.7 Å². The molecule has 4 rings (SSSR count). The van der Waals surface area contributed by atoms with Crippen LogP contribution < -0.4 is 10.6 Å². The molecule has 0 fully saturated rings. The summed E-state index contributed by atoms with van der Waals surface area (Å²) in [6.45, 7) is 3.91. The largest absolute Gasteiger partial charge is 0.325 e. The summed E-state index contributed by atoms with van der Waals surface area (Å²) in [7, 11) is 0. The molecule has 0 atom stereocenters. The van der Waals surface area contributed by atoms with Crippen LogP contribution in [0.25, 0.3) is 0 Å². The minimum absolute atomic E-state index is 0.177. The summed E-state index contributed by atoms with van der Waals surface area (Å²) < 4.78 is 0. The van der Waals surface area contributed by atoms with E-state index in [4.69, 9.17) is 0 Å². The first-order valence-corrected chi connectivity index (χ1v) is 12.5. The van der Waals surface area contributed by atoms with Gasteiger partial charge in [0.2, 0.25) is 5.91 Å². The molecule has 6 heteroatoms. The van der Waals surface area contributed by atoms with Crippen molar-refractivity contribution in [2.75, 3.05) is 16.4 Å². The number of rotatable bonds is 8. The summed E-state index contributed by atoms with van der Waals surface area (Å²) in [5.41, 5.74) is 4.15. The van der Waals surface area contributed by atoms with E-state index in [2.05, 4.69) is 10.6 Å². The lowest BCUT2D eigenvalue weighted by molar-refractivity contribution is -0.113. The first kappa shape index (κ1) is 24.9. The van der Waals surface area contributed by atoms with E-state index >= 15 is 0 Å². The average Bonchev–Trinajstić information content (AvgIpc) is 2.89. The zero-order chi connectivity index (χ0) is 25.5. The van der Waals surface area contributed by atoms with Crippen molar-refractivity contribution in [2.45, 2.75) is 18.7 Å². The van der Waals surface area contributed by atoms with Gasteiger partial charge in [-0.05, 0) is 50.2 Å². The third-order valence-corrected chi connectivity index (χ3v) is 6.55. The van der Waals surface area contributed by atoms with Crippen LogP contribution >= 0.6 is 11.8 Å². The van der Waals surface area contributed by atoms with Crippen LogP contribution in [0.3, 0.4) is 0 Å². The highest BCUT2D eigenvalue weighted by molar-refractivity contribution is 8.00. The predicted molar refractivity (Wildman–Crippen MR) is 146 cm³/mol. The number of carbonyl (C=O) groups excluding carboxylic acids is 3. The zero-order valence-electron chi connectivity index (χ0n) is 20.1. The second kappa shape index (κ2) is 11.5. The van der Waals surface area contributed by atoms with Gasteiger partial charge in [-0.2, -0.15) is 0 Å². The van der Waals surface area contributed by atoms with Gasteiger partial charge in [0.25, 0.3) is 5.91 Å². The molecule has 0 radical (unpaired) electrons. The molecular formula is C30H26N2O3S. The van der Waals surface area contributed by atoms with Crippen LogP contribution in [0.2, 0.25) is 0 Å². The summed E-state index contributed by atoms with van der Waals surface area (Å²) >= 11 is 1.43. The van der Waals surface area contributed by atoms with Gasteiger partial charge in [0.1, 0.15) is 0 Å². The average molecular weight is 495 g/mol. The predicted octanol–water partition coefficient (Wildman–Crippen LogP) is 6.52. The van der Waals surface area contributed by atoms with Crippen LogP contribution in [0.5, 0.6) is 0 Å². The molecule has 0 saturated heterocycles. The molecule has 0 aliphatic heterocycles. The molecule has 0 bridgehead atoms. The Morgan fingerprint density at radius 3 is 2.06 bits per heavy atom. The number of amides is 2. The van der Waals surface area contributed by atoms with E-state index in [0.29, 0.717) is 28.1 Å². The molecule has 0 heterocycles. The summed E-state index contributed by atoms with van der Waals surface area (Å²) in [5.74, 6) is -0.587. The highest BCUT2D eigenvalue weighted by atomic mass is 32.2. The lowest BCUT2D eigenvalue weighted by Crippen LogP contribution is -2.20. The lowest BCUT2D eigenvalue weighted by atomic mass is 9.99. The Kier molecular flexibility index (Phi) is 7.98. The van der Waals surface area contributed by atoms with E-state index in [1.54, 1.807) is 60.7 Å². The van der Waals surface area contributed by atoms with Gasteiger partial charge in [-0.25, -0.2) is 0 Å². The summed E-state index contributed by atoms with van der Waals surface area (Å²) in [5, 5.41) is 5.71. The lowest BCUT2D eigenvalue weighted by Gasteiger charge is -2.14. The van der Waals surface area contributed by atoms with Crippen molar-refractivity contribution in [2.24, 2.45) is 0 Å². The van der Waals surface area contributed by atoms with E-state index in [0.717, 1.165) is 16.0 Å². The first-order chi connectivity index (χ1) is 17.4. The molecule has 0 aromatic heterocycles. The van der Waals surface area contributed by atoms with Gasteiger partial charge in [-0.1, -0.05) is 71.8 Å². The van der Waals surface area contributed by atoms with E-state index in [9.17, 15) is 14.4 Å². The standard InChI is InChI=1S/C30H26N2O3S/c1-20-12-15-23(16-13-20)36-19-28(33)31-26-11-7-6-10-24(26)30(35)32-27-17-14-21(2)18-25(27)29(34)22-8-4-3-5-9-22/h3-18H,19H2,1-2H3,(H,31,33)(H,32,35). The number of hydrogen-bond donors (Lipinski definition) is 2. The number of carbonyl (C=O) groups is 3. The number of aryl methyl sites for hydroxylation is 2. The molecule has 4 aromatic rings. The van der Waals surface area contributed by atoms with Crippen molar-refractivity contribution in [1.82, 2.24) is 0 Å². The number of anilines is 2. The Balaban J connectivity index is 1.50. The Hall–Kier alpha value is -4.16. The Labute approximate surface area is 214 Å². The minimum atomic E-state index is -0.414. The van der Waals surface area contributed by atoms with Gasteiger partial charge < -0.3 is 10.6 Å². The summed E-state index contributed by atoms with van der Waals surface area (Å²) in [4.78, 5) is 40.0. The molecule has 2 N–H and O–H groups in total.